The standard InChI is InChI=1S/C48H52N10O5S/c1-27(2)44(47(62)57-25-34(59)18-41(57)46(61)49-22-30-10-12-32(13-11-30)45-29(5)52-26-64-45)43-21-36(55-63-43)33-23-50-48(51-24-33)56-16-14-31(15-17-56)39-20-38-40(58(39)28(3)4)19-37(53-54-38)35-8-6-7-9-42(35)60/h6-13,19-21,23-24,26-28,31,34,41,44,59-60H,14-18,22,25H2,1-5H3,(H,49,61)/t34-,41+,44+/m1/s1. The molecular weight excluding hydrogens is 829 g/mol. The Morgan fingerprint density at radius 3 is 2.36 bits per heavy atom. The van der Waals surface area contributed by atoms with Crippen LogP contribution in [0, 0.1) is 12.8 Å². The molecule has 0 spiro atoms. The molecule has 0 bridgehead atoms. The number of rotatable bonds is 12. The van der Waals surface area contributed by atoms with Gasteiger partial charge in [0.15, 0.2) is 0 Å². The van der Waals surface area contributed by atoms with Crippen LogP contribution in [0.4, 0.5) is 5.95 Å². The summed E-state index contributed by atoms with van der Waals surface area (Å²) in [5, 5.41) is 37.5. The summed E-state index contributed by atoms with van der Waals surface area (Å²) in [5.74, 6) is -0.0489. The van der Waals surface area contributed by atoms with E-state index in [2.05, 4.69) is 55.0 Å². The van der Waals surface area contributed by atoms with Crippen molar-refractivity contribution in [2.75, 3.05) is 24.5 Å². The maximum atomic E-state index is 14.3. The number of amides is 2. The number of aromatic hydroxyl groups is 1. The van der Waals surface area contributed by atoms with E-state index in [9.17, 15) is 19.8 Å². The van der Waals surface area contributed by atoms with Crippen LogP contribution in [0.3, 0.4) is 0 Å². The molecule has 2 aliphatic rings. The van der Waals surface area contributed by atoms with Crippen LogP contribution >= 0.6 is 11.3 Å². The maximum Gasteiger partial charge on any atom is 0.243 e. The average Bonchev–Trinajstić information content (AvgIpc) is 4.12. The molecule has 0 unspecified atom stereocenters. The van der Waals surface area contributed by atoms with Crippen LogP contribution in [0.25, 0.3) is 44.0 Å². The molecule has 7 heterocycles. The summed E-state index contributed by atoms with van der Waals surface area (Å²) >= 11 is 1.59. The summed E-state index contributed by atoms with van der Waals surface area (Å²) in [4.78, 5) is 46.4. The lowest BCUT2D eigenvalue weighted by atomic mass is 9.91. The molecule has 16 heteroatoms. The third-order valence-corrected chi connectivity index (χ3v) is 13.5. The number of hydrogen-bond acceptors (Lipinski definition) is 13. The number of thiazole rings is 1. The fraction of sp³-hybridized carbons (Fsp3) is 0.375. The zero-order valence-corrected chi connectivity index (χ0v) is 37.4. The number of likely N-dealkylation sites (tertiary alicyclic amines) is 1. The van der Waals surface area contributed by atoms with E-state index in [1.165, 1.54) is 10.6 Å². The normalized spacial score (nSPS) is 17.5. The molecule has 3 atom stereocenters. The van der Waals surface area contributed by atoms with Gasteiger partial charge >= 0.3 is 0 Å². The van der Waals surface area contributed by atoms with Gasteiger partial charge in [-0.05, 0) is 74.9 Å². The highest BCUT2D eigenvalue weighted by Crippen LogP contribution is 2.38. The number of carbonyl (C=O) groups excluding carboxylic acids is 2. The Morgan fingerprint density at radius 2 is 1.67 bits per heavy atom. The quantitative estimate of drug-likeness (QED) is 0.109. The van der Waals surface area contributed by atoms with Gasteiger partial charge < -0.3 is 34.4 Å². The summed E-state index contributed by atoms with van der Waals surface area (Å²) in [5.41, 5.74) is 10.3. The topological polar surface area (TPSA) is 189 Å². The molecule has 330 valence electrons. The number of aromatic nitrogens is 7. The van der Waals surface area contributed by atoms with Gasteiger partial charge in [0.05, 0.1) is 33.4 Å². The van der Waals surface area contributed by atoms with Crippen LogP contribution in [0.5, 0.6) is 5.75 Å². The van der Waals surface area contributed by atoms with Crippen LogP contribution in [-0.2, 0) is 16.1 Å². The molecule has 9 rings (SSSR count). The van der Waals surface area contributed by atoms with Gasteiger partial charge in [0.2, 0.25) is 17.8 Å². The van der Waals surface area contributed by atoms with Crippen molar-refractivity contribution in [3.05, 3.63) is 107 Å². The Bertz CT molecular complexity index is 2770. The number of phenolic OH excluding ortho intramolecular Hbond substituents is 1. The zero-order valence-electron chi connectivity index (χ0n) is 36.5. The minimum absolute atomic E-state index is 0.0498. The highest BCUT2D eigenvalue weighted by molar-refractivity contribution is 7.13. The summed E-state index contributed by atoms with van der Waals surface area (Å²) in [6.45, 7) is 12.1. The van der Waals surface area contributed by atoms with Crippen LogP contribution in [0.1, 0.15) is 87.5 Å². The highest BCUT2D eigenvalue weighted by atomic mass is 32.1. The summed E-state index contributed by atoms with van der Waals surface area (Å²) in [7, 11) is 0. The fourth-order valence-corrected chi connectivity index (χ4v) is 10.0. The number of nitrogens with zero attached hydrogens (tertiary/aromatic N) is 9. The van der Waals surface area contributed by atoms with Gasteiger partial charge in [-0.25, -0.2) is 15.0 Å². The van der Waals surface area contributed by atoms with E-state index in [0.717, 1.165) is 58.7 Å². The van der Waals surface area contributed by atoms with Crippen molar-refractivity contribution < 1.29 is 24.3 Å². The largest absolute Gasteiger partial charge is 0.507 e. The summed E-state index contributed by atoms with van der Waals surface area (Å²) < 4.78 is 8.17. The Hall–Kier alpha value is -6.52. The number of phenols is 1. The van der Waals surface area contributed by atoms with Gasteiger partial charge in [0, 0.05) is 79.8 Å². The van der Waals surface area contributed by atoms with Crippen molar-refractivity contribution in [2.45, 2.75) is 90.4 Å². The van der Waals surface area contributed by atoms with E-state index >= 15 is 0 Å². The first-order chi connectivity index (χ1) is 30.9. The van der Waals surface area contributed by atoms with Crippen LogP contribution < -0.4 is 10.2 Å². The molecule has 2 aliphatic heterocycles. The van der Waals surface area contributed by atoms with Gasteiger partial charge in [-0.3, -0.25) is 9.59 Å². The number of para-hydroxylation sites is 1. The number of anilines is 1. The van der Waals surface area contributed by atoms with Crippen molar-refractivity contribution in [3.8, 4) is 38.7 Å². The Kier molecular flexibility index (Phi) is 12.0. The van der Waals surface area contributed by atoms with Gasteiger partial charge in [-0.15, -0.1) is 21.5 Å². The van der Waals surface area contributed by atoms with Gasteiger partial charge in [0.25, 0.3) is 0 Å². The molecule has 64 heavy (non-hydrogen) atoms. The molecule has 0 saturated carbocycles. The third-order valence-electron chi connectivity index (χ3n) is 12.5. The minimum Gasteiger partial charge on any atom is -0.507 e. The number of β-amino-alcohol motifs (C(OH)–C–C–N with tert-alkyl or cyclic N) is 1. The zero-order chi connectivity index (χ0) is 44.6. The first-order valence-corrected chi connectivity index (χ1v) is 22.8. The molecule has 3 N–H and O–H groups in total. The van der Waals surface area contributed by atoms with Crippen molar-refractivity contribution in [1.29, 1.82) is 0 Å². The SMILES string of the molecule is Cc1ncsc1-c1ccc(CNC(=O)[C@@H]2C[C@@H](O)CN2C(=O)[C@H](c2cc(-c3cnc(N4CCC(c5cc6nnc(-c7ccccc7O)cc6n5C(C)C)CC4)nc3)no2)C(C)C)cc1. The van der Waals surface area contributed by atoms with E-state index in [1.54, 1.807) is 41.9 Å². The molecule has 0 radical (unpaired) electrons. The minimum atomic E-state index is -0.826. The molecule has 2 fully saturated rings. The predicted octanol–water partition coefficient (Wildman–Crippen LogP) is 7.66. The summed E-state index contributed by atoms with van der Waals surface area (Å²) in [6, 6.07) is 20.5. The number of aliphatic hydroxyl groups is 1. The molecule has 7 aromatic rings. The third kappa shape index (κ3) is 8.46. The second kappa shape index (κ2) is 17.9. The lowest BCUT2D eigenvalue weighted by Crippen LogP contribution is -2.48. The number of aryl methyl sites for hydroxylation is 1. The van der Waals surface area contributed by atoms with Gasteiger partial charge in [-0.2, -0.15) is 0 Å². The van der Waals surface area contributed by atoms with Crippen molar-refractivity contribution in [2.24, 2.45) is 5.92 Å². The first kappa shape index (κ1) is 42.8. The van der Waals surface area contributed by atoms with Crippen LogP contribution in [0.15, 0.2) is 89.2 Å². The molecular formula is C48H52N10O5S. The number of carbonyl (C=O) groups is 2. The fourth-order valence-electron chi connectivity index (χ4n) is 9.19. The number of nitrogens with one attached hydrogen (secondary N) is 1. The molecule has 5 aromatic heterocycles. The van der Waals surface area contributed by atoms with E-state index in [0.29, 0.717) is 46.7 Å². The first-order valence-electron chi connectivity index (χ1n) is 21.9. The summed E-state index contributed by atoms with van der Waals surface area (Å²) in [6.07, 6.45) is 4.59. The number of hydrogen-bond donors (Lipinski definition) is 3. The number of aliphatic hydroxyl groups excluding tert-OH is 1. The maximum absolute atomic E-state index is 14.3. The monoisotopic (exact) mass is 880 g/mol. The van der Waals surface area contributed by atoms with E-state index < -0.39 is 18.1 Å². The molecule has 2 saturated heterocycles. The highest BCUT2D eigenvalue weighted by Gasteiger charge is 2.43. The molecule has 2 amide bonds. The van der Waals surface area contributed by atoms with E-state index in [4.69, 9.17) is 14.5 Å². The van der Waals surface area contributed by atoms with E-state index in [1.807, 2.05) is 68.7 Å². The van der Waals surface area contributed by atoms with Crippen LogP contribution in [0.2, 0.25) is 0 Å². The Labute approximate surface area is 375 Å². The molecule has 2 aromatic carbocycles. The number of fused-ring (bicyclic) bond motifs is 1. The van der Waals surface area contributed by atoms with Gasteiger partial charge in [-0.1, -0.05) is 55.4 Å². The lowest BCUT2D eigenvalue weighted by molar-refractivity contribution is -0.141. The van der Waals surface area contributed by atoms with E-state index in [-0.39, 0.29) is 42.5 Å². The Balaban J connectivity index is 0.836. The second-order valence-electron chi connectivity index (χ2n) is 17.5. The van der Waals surface area contributed by atoms with Crippen molar-refractivity contribution in [1.82, 2.24) is 45.1 Å². The smallest absolute Gasteiger partial charge is 0.243 e. The average molecular weight is 881 g/mol. The molecule has 0 aliphatic carbocycles. The molecule has 15 nitrogen and oxygen atoms in total. The van der Waals surface area contributed by atoms with Crippen molar-refractivity contribution in [3.63, 3.8) is 0 Å². The van der Waals surface area contributed by atoms with Crippen LogP contribution in [-0.4, -0.2) is 93.6 Å². The lowest BCUT2D eigenvalue weighted by Gasteiger charge is -2.33. The van der Waals surface area contributed by atoms with Crippen molar-refractivity contribution >= 4 is 40.1 Å². The second-order valence-corrected chi connectivity index (χ2v) is 18.4. The predicted molar refractivity (Wildman–Crippen MR) is 245 cm³/mol. The number of piperidine rings is 1. The number of benzene rings is 2. The Morgan fingerprint density at radius 1 is 0.922 bits per heavy atom. The van der Waals surface area contributed by atoms with Gasteiger partial charge in [0.1, 0.15) is 34.7 Å².